The van der Waals surface area contributed by atoms with Gasteiger partial charge in [-0.15, -0.1) is 0 Å². The van der Waals surface area contributed by atoms with Crippen molar-refractivity contribution in [1.82, 2.24) is 20.6 Å². The first-order valence-electron chi connectivity index (χ1n) is 4.85. The van der Waals surface area contributed by atoms with Crippen molar-refractivity contribution in [3.8, 4) is 0 Å². The molecule has 1 atom stereocenters. The van der Waals surface area contributed by atoms with Gasteiger partial charge in [-0.25, -0.2) is 4.98 Å². The number of carbonyl (C=O) groups is 2. The number of aromatic amines is 1. The number of hydrogen-bond donors (Lipinski definition) is 4. The Hall–Kier alpha value is -1.89. The molecule has 5 N–H and O–H groups in total. The Balaban J connectivity index is 2.64. The van der Waals surface area contributed by atoms with E-state index in [0.717, 1.165) is 5.69 Å². The summed E-state index contributed by atoms with van der Waals surface area (Å²) in [4.78, 5) is 29.3. The van der Waals surface area contributed by atoms with Crippen LogP contribution in [0.15, 0.2) is 12.5 Å². The molecule has 16 heavy (non-hydrogen) atoms. The molecule has 0 saturated carbocycles. The molecule has 7 nitrogen and oxygen atoms in total. The van der Waals surface area contributed by atoms with Crippen LogP contribution in [0, 0.1) is 0 Å². The summed E-state index contributed by atoms with van der Waals surface area (Å²) in [6, 6.07) is -0.638. The van der Waals surface area contributed by atoms with E-state index in [-0.39, 0.29) is 18.4 Å². The zero-order valence-corrected chi connectivity index (χ0v) is 8.99. The molecule has 0 radical (unpaired) electrons. The Morgan fingerprint density at radius 1 is 1.62 bits per heavy atom. The topological polar surface area (TPSA) is 113 Å². The fraction of sp³-hybridized carbons (Fsp3) is 0.444. The molecule has 7 heteroatoms. The van der Waals surface area contributed by atoms with E-state index < -0.39 is 6.04 Å². The van der Waals surface area contributed by atoms with Crippen molar-refractivity contribution in [2.24, 2.45) is 5.73 Å². The molecular weight excluding hydrogens is 210 g/mol. The third kappa shape index (κ3) is 3.35. The standard InChI is InChI=1S/C9H15N5O2/c1-11-9(16)7(14-8(15)3-10)2-6-4-12-5-13-6/h4-5,7H,2-3,10H2,1H3,(H,11,16)(H,12,13)(H,14,15). The fourth-order valence-corrected chi connectivity index (χ4v) is 1.25. The Bertz CT molecular complexity index is 349. The van der Waals surface area contributed by atoms with Gasteiger partial charge in [-0.2, -0.15) is 0 Å². The SMILES string of the molecule is CNC(=O)C(Cc1cnc[nH]1)NC(=O)CN. The lowest BCUT2D eigenvalue weighted by Gasteiger charge is -2.15. The van der Waals surface area contributed by atoms with E-state index in [1.54, 1.807) is 6.20 Å². The minimum absolute atomic E-state index is 0.142. The number of nitrogens with one attached hydrogen (secondary N) is 3. The number of rotatable bonds is 5. The molecular formula is C9H15N5O2. The minimum Gasteiger partial charge on any atom is -0.357 e. The van der Waals surface area contributed by atoms with E-state index in [1.807, 2.05) is 0 Å². The summed E-state index contributed by atoms with van der Waals surface area (Å²) < 4.78 is 0. The third-order valence-corrected chi connectivity index (χ3v) is 2.06. The van der Waals surface area contributed by atoms with Crippen LogP contribution in [-0.2, 0) is 16.0 Å². The highest BCUT2D eigenvalue weighted by molar-refractivity contribution is 5.88. The van der Waals surface area contributed by atoms with Gasteiger partial charge in [-0.1, -0.05) is 0 Å². The van der Waals surface area contributed by atoms with E-state index in [2.05, 4.69) is 20.6 Å². The maximum absolute atomic E-state index is 11.5. The summed E-state index contributed by atoms with van der Waals surface area (Å²) in [5.74, 6) is -0.635. The van der Waals surface area contributed by atoms with E-state index in [9.17, 15) is 9.59 Å². The van der Waals surface area contributed by atoms with E-state index in [4.69, 9.17) is 5.73 Å². The highest BCUT2D eigenvalue weighted by Gasteiger charge is 2.19. The zero-order valence-electron chi connectivity index (χ0n) is 8.99. The van der Waals surface area contributed by atoms with Gasteiger partial charge in [0.05, 0.1) is 12.9 Å². The van der Waals surface area contributed by atoms with Gasteiger partial charge in [0.2, 0.25) is 11.8 Å². The lowest BCUT2D eigenvalue weighted by Crippen LogP contribution is -2.48. The van der Waals surface area contributed by atoms with Gasteiger partial charge in [0.15, 0.2) is 0 Å². The number of imidazole rings is 1. The zero-order chi connectivity index (χ0) is 12.0. The van der Waals surface area contributed by atoms with Crippen molar-refractivity contribution in [2.75, 3.05) is 13.6 Å². The summed E-state index contributed by atoms with van der Waals surface area (Å²) in [6.45, 7) is -0.142. The number of hydrogen-bond acceptors (Lipinski definition) is 4. The Morgan fingerprint density at radius 2 is 2.38 bits per heavy atom. The number of aromatic nitrogens is 2. The van der Waals surface area contributed by atoms with Gasteiger partial charge in [0.1, 0.15) is 6.04 Å². The molecule has 1 heterocycles. The molecule has 0 aliphatic carbocycles. The number of nitrogens with two attached hydrogens (primary N) is 1. The van der Waals surface area contributed by atoms with Crippen LogP contribution in [0.4, 0.5) is 0 Å². The second-order valence-corrected chi connectivity index (χ2v) is 3.22. The quantitative estimate of drug-likeness (QED) is 0.470. The van der Waals surface area contributed by atoms with Crippen molar-refractivity contribution in [2.45, 2.75) is 12.5 Å². The van der Waals surface area contributed by atoms with Crippen LogP contribution < -0.4 is 16.4 Å². The third-order valence-electron chi connectivity index (χ3n) is 2.06. The molecule has 88 valence electrons. The van der Waals surface area contributed by atoms with Crippen LogP contribution in [-0.4, -0.2) is 41.4 Å². The van der Waals surface area contributed by atoms with Gasteiger partial charge >= 0.3 is 0 Å². The van der Waals surface area contributed by atoms with Crippen LogP contribution in [0.1, 0.15) is 5.69 Å². The molecule has 0 aromatic carbocycles. The summed E-state index contributed by atoms with van der Waals surface area (Å²) in [5, 5.41) is 5.01. The average Bonchev–Trinajstić information content (AvgIpc) is 2.79. The Labute approximate surface area is 92.8 Å². The molecule has 0 aliphatic heterocycles. The number of nitrogens with zero attached hydrogens (tertiary/aromatic N) is 1. The number of amides is 2. The molecule has 1 aromatic heterocycles. The normalized spacial score (nSPS) is 11.9. The predicted molar refractivity (Wildman–Crippen MR) is 57.3 cm³/mol. The van der Waals surface area contributed by atoms with Crippen molar-refractivity contribution >= 4 is 11.8 Å². The molecule has 1 rings (SSSR count). The smallest absolute Gasteiger partial charge is 0.242 e. The lowest BCUT2D eigenvalue weighted by molar-refractivity contribution is -0.128. The first-order chi connectivity index (χ1) is 7.67. The van der Waals surface area contributed by atoms with Crippen LogP contribution in [0.3, 0.4) is 0 Å². The van der Waals surface area contributed by atoms with Crippen molar-refractivity contribution < 1.29 is 9.59 Å². The first kappa shape index (κ1) is 12.2. The van der Waals surface area contributed by atoms with Crippen LogP contribution >= 0.6 is 0 Å². The van der Waals surface area contributed by atoms with Gasteiger partial charge < -0.3 is 21.4 Å². The molecule has 0 aliphatic rings. The summed E-state index contributed by atoms with van der Waals surface area (Å²) in [6.07, 6.45) is 3.47. The molecule has 0 spiro atoms. The average molecular weight is 225 g/mol. The van der Waals surface area contributed by atoms with Crippen molar-refractivity contribution in [3.63, 3.8) is 0 Å². The number of H-pyrrole nitrogens is 1. The van der Waals surface area contributed by atoms with Gasteiger partial charge in [0.25, 0.3) is 0 Å². The Kier molecular flexibility index (Phi) is 4.46. The molecule has 0 bridgehead atoms. The van der Waals surface area contributed by atoms with Crippen LogP contribution in [0.5, 0.6) is 0 Å². The Morgan fingerprint density at radius 3 is 2.88 bits per heavy atom. The van der Waals surface area contributed by atoms with E-state index in [1.165, 1.54) is 13.4 Å². The lowest BCUT2D eigenvalue weighted by atomic mass is 10.1. The second-order valence-electron chi connectivity index (χ2n) is 3.22. The van der Waals surface area contributed by atoms with E-state index >= 15 is 0 Å². The van der Waals surface area contributed by atoms with Gasteiger partial charge in [-0.3, -0.25) is 9.59 Å². The van der Waals surface area contributed by atoms with E-state index in [0.29, 0.717) is 6.42 Å². The highest BCUT2D eigenvalue weighted by Crippen LogP contribution is 1.98. The second kappa shape index (κ2) is 5.86. The van der Waals surface area contributed by atoms with Gasteiger partial charge in [0, 0.05) is 25.4 Å². The highest BCUT2D eigenvalue weighted by atomic mass is 16.2. The molecule has 1 unspecified atom stereocenters. The van der Waals surface area contributed by atoms with Crippen molar-refractivity contribution in [3.05, 3.63) is 18.2 Å². The number of likely N-dealkylation sites (N-methyl/N-ethyl adjacent to an activating group) is 1. The molecule has 2 amide bonds. The summed E-state index contributed by atoms with van der Waals surface area (Å²) in [7, 11) is 1.51. The van der Waals surface area contributed by atoms with Crippen LogP contribution in [0.2, 0.25) is 0 Å². The van der Waals surface area contributed by atoms with Gasteiger partial charge in [-0.05, 0) is 0 Å². The predicted octanol–water partition coefficient (Wildman–Crippen LogP) is -1.86. The monoisotopic (exact) mass is 225 g/mol. The summed E-state index contributed by atoms with van der Waals surface area (Å²) >= 11 is 0. The maximum atomic E-state index is 11.5. The molecule has 0 fully saturated rings. The summed E-state index contributed by atoms with van der Waals surface area (Å²) in [5.41, 5.74) is 5.94. The fourth-order valence-electron chi connectivity index (χ4n) is 1.25. The molecule has 0 saturated heterocycles. The maximum Gasteiger partial charge on any atom is 0.242 e. The largest absolute Gasteiger partial charge is 0.357 e. The minimum atomic E-state index is -0.638. The first-order valence-corrected chi connectivity index (χ1v) is 4.85. The van der Waals surface area contributed by atoms with Crippen LogP contribution in [0.25, 0.3) is 0 Å². The molecule has 1 aromatic rings. The van der Waals surface area contributed by atoms with Crippen molar-refractivity contribution in [1.29, 1.82) is 0 Å². The number of carbonyl (C=O) groups excluding carboxylic acids is 2.